The quantitative estimate of drug-likeness (QED) is 0.904. The molecule has 1 aromatic carbocycles. The third-order valence-electron chi connectivity index (χ3n) is 4.07. The van der Waals surface area contributed by atoms with Crippen molar-refractivity contribution < 1.29 is 13.2 Å². The number of rotatable bonds is 4. The SMILES string of the molecule is CCn1cc(S(=O)(=O)N2CCc3cc(C(N)=O)ccc32)nc1C. The molecule has 122 valence electrons. The Morgan fingerprint density at radius 3 is 2.74 bits per heavy atom. The average molecular weight is 334 g/mol. The molecule has 0 aliphatic carbocycles. The topological polar surface area (TPSA) is 98.3 Å². The second kappa shape index (κ2) is 5.38. The standard InChI is InChI=1S/C15H18N4O3S/c1-3-18-9-14(17-10(18)2)23(21,22)19-7-6-11-8-12(15(16)20)4-5-13(11)19/h4-5,8-9H,3,6-7H2,1-2H3,(H2,16,20). The fourth-order valence-corrected chi connectivity index (χ4v) is 4.31. The summed E-state index contributed by atoms with van der Waals surface area (Å²) in [6, 6.07) is 4.83. The van der Waals surface area contributed by atoms with Crippen LogP contribution in [0.5, 0.6) is 0 Å². The van der Waals surface area contributed by atoms with Gasteiger partial charge in [0.25, 0.3) is 10.0 Å². The molecule has 3 rings (SSSR count). The van der Waals surface area contributed by atoms with E-state index in [0.717, 1.165) is 5.56 Å². The monoisotopic (exact) mass is 334 g/mol. The van der Waals surface area contributed by atoms with Crippen LogP contribution in [0, 0.1) is 6.92 Å². The van der Waals surface area contributed by atoms with E-state index in [0.29, 0.717) is 36.6 Å². The van der Waals surface area contributed by atoms with E-state index in [9.17, 15) is 13.2 Å². The number of fused-ring (bicyclic) bond motifs is 1. The Hall–Kier alpha value is -2.35. The minimum Gasteiger partial charge on any atom is -0.366 e. The first kappa shape index (κ1) is 15.5. The van der Waals surface area contributed by atoms with Gasteiger partial charge in [0.2, 0.25) is 5.91 Å². The summed E-state index contributed by atoms with van der Waals surface area (Å²) in [4.78, 5) is 15.4. The fraction of sp³-hybridized carbons (Fsp3) is 0.333. The molecule has 1 aromatic heterocycles. The first-order valence-corrected chi connectivity index (χ1v) is 8.78. The van der Waals surface area contributed by atoms with Gasteiger partial charge in [-0.2, -0.15) is 8.42 Å². The van der Waals surface area contributed by atoms with Crippen LogP contribution < -0.4 is 10.0 Å². The van der Waals surface area contributed by atoms with Crippen molar-refractivity contribution in [3.05, 3.63) is 41.3 Å². The van der Waals surface area contributed by atoms with Gasteiger partial charge >= 0.3 is 0 Å². The first-order valence-electron chi connectivity index (χ1n) is 7.34. The number of aromatic nitrogens is 2. The summed E-state index contributed by atoms with van der Waals surface area (Å²) < 4.78 is 28.8. The van der Waals surface area contributed by atoms with Crippen molar-refractivity contribution >= 4 is 21.6 Å². The highest BCUT2D eigenvalue weighted by Crippen LogP contribution is 2.33. The number of carbonyl (C=O) groups excluding carboxylic acids is 1. The van der Waals surface area contributed by atoms with Crippen LogP contribution in [0.25, 0.3) is 0 Å². The third-order valence-corrected chi connectivity index (χ3v) is 5.75. The van der Waals surface area contributed by atoms with Gasteiger partial charge in [-0.25, -0.2) is 4.98 Å². The number of primary amides is 1. The van der Waals surface area contributed by atoms with Gasteiger partial charge in [0.15, 0.2) is 5.03 Å². The summed E-state index contributed by atoms with van der Waals surface area (Å²) in [6.07, 6.45) is 2.10. The molecule has 0 saturated carbocycles. The molecular formula is C15H18N4O3S. The molecule has 0 spiro atoms. The van der Waals surface area contributed by atoms with Crippen molar-refractivity contribution in [1.29, 1.82) is 0 Å². The van der Waals surface area contributed by atoms with Crippen molar-refractivity contribution in [2.45, 2.75) is 31.8 Å². The van der Waals surface area contributed by atoms with E-state index < -0.39 is 15.9 Å². The highest BCUT2D eigenvalue weighted by Gasteiger charge is 2.33. The van der Waals surface area contributed by atoms with Gasteiger partial charge in [-0.15, -0.1) is 0 Å². The molecule has 0 radical (unpaired) electrons. The lowest BCUT2D eigenvalue weighted by atomic mass is 10.1. The molecule has 1 aliphatic heterocycles. The number of benzene rings is 1. The molecular weight excluding hydrogens is 316 g/mol. The summed E-state index contributed by atoms with van der Waals surface area (Å²) in [7, 11) is -3.71. The minimum absolute atomic E-state index is 0.0451. The Morgan fingerprint density at radius 1 is 1.39 bits per heavy atom. The molecule has 1 amide bonds. The van der Waals surface area contributed by atoms with Gasteiger partial charge in [0.1, 0.15) is 5.82 Å². The largest absolute Gasteiger partial charge is 0.366 e. The molecule has 0 bridgehead atoms. The predicted octanol–water partition coefficient (Wildman–Crippen LogP) is 1.06. The molecule has 2 aromatic rings. The molecule has 2 N–H and O–H groups in total. The van der Waals surface area contributed by atoms with Crippen molar-refractivity contribution in [1.82, 2.24) is 9.55 Å². The van der Waals surface area contributed by atoms with Crippen LogP contribution in [-0.2, 0) is 23.0 Å². The van der Waals surface area contributed by atoms with E-state index in [4.69, 9.17) is 5.73 Å². The Morgan fingerprint density at radius 2 is 2.13 bits per heavy atom. The Kier molecular flexibility index (Phi) is 3.63. The summed E-state index contributed by atoms with van der Waals surface area (Å²) >= 11 is 0. The zero-order chi connectivity index (χ0) is 16.8. The molecule has 2 heterocycles. The number of imidazole rings is 1. The summed E-state index contributed by atoms with van der Waals surface area (Å²) in [5.41, 5.74) is 7.04. The van der Waals surface area contributed by atoms with Gasteiger partial charge in [0, 0.05) is 24.8 Å². The number of aryl methyl sites for hydroxylation is 2. The van der Waals surface area contributed by atoms with Crippen LogP contribution in [0.4, 0.5) is 5.69 Å². The van der Waals surface area contributed by atoms with Gasteiger partial charge in [0.05, 0.1) is 5.69 Å². The number of anilines is 1. The van der Waals surface area contributed by atoms with Crippen LogP contribution in [0.1, 0.15) is 28.7 Å². The molecule has 0 fully saturated rings. The van der Waals surface area contributed by atoms with Crippen LogP contribution >= 0.6 is 0 Å². The van der Waals surface area contributed by atoms with E-state index in [1.807, 2.05) is 6.92 Å². The second-order valence-electron chi connectivity index (χ2n) is 5.45. The molecule has 23 heavy (non-hydrogen) atoms. The summed E-state index contributed by atoms with van der Waals surface area (Å²) in [5, 5.41) is 0.0451. The number of hydrogen-bond donors (Lipinski definition) is 1. The van der Waals surface area contributed by atoms with Crippen LogP contribution in [0.2, 0.25) is 0 Å². The molecule has 0 atom stereocenters. The summed E-state index contributed by atoms with van der Waals surface area (Å²) in [5.74, 6) is 0.140. The smallest absolute Gasteiger partial charge is 0.283 e. The highest BCUT2D eigenvalue weighted by molar-refractivity contribution is 7.92. The van der Waals surface area contributed by atoms with Crippen LogP contribution in [0.15, 0.2) is 29.4 Å². The van der Waals surface area contributed by atoms with Crippen LogP contribution in [-0.4, -0.2) is 30.4 Å². The maximum Gasteiger partial charge on any atom is 0.283 e. The van der Waals surface area contributed by atoms with Crippen molar-refractivity contribution in [3.63, 3.8) is 0 Å². The van der Waals surface area contributed by atoms with E-state index in [2.05, 4.69) is 4.98 Å². The van der Waals surface area contributed by atoms with Crippen molar-refractivity contribution in [2.24, 2.45) is 5.73 Å². The van der Waals surface area contributed by atoms with Crippen LogP contribution in [0.3, 0.4) is 0 Å². The second-order valence-corrected chi connectivity index (χ2v) is 7.26. The number of hydrogen-bond acceptors (Lipinski definition) is 4. The molecule has 1 aliphatic rings. The lowest BCUT2D eigenvalue weighted by Crippen LogP contribution is -2.29. The normalized spacial score (nSPS) is 14.1. The lowest BCUT2D eigenvalue weighted by molar-refractivity contribution is 0.1000. The number of sulfonamides is 1. The van der Waals surface area contributed by atoms with Crippen molar-refractivity contribution in [2.75, 3.05) is 10.8 Å². The molecule has 7 nitrogen and oxygen atoms in total. The number of carbonyl (C=O) groups is 1. The van der Waals surface area contributed by atoms with E-state index in [-0.39, 0.29) is 5.03 Å². The Balaban J connectivity index is 2.02. The molecule has 0 unspecified atom stereocenters. The molecule has 8 heteroatoms. The van der Waals surface area contributed by atoms with Crippen molar-refractivity contribution in [3.8, 4) is 0 Å². The van der Waals surface area contributed by atoms with E-state index in [1.54, 1.807) is 35.9 Å². The lowest BCUT2D eigenvalue weighted by Gasteiger charge is -2.18. The zero-order valence-corrected chi connectivity index (χ0v) is 13.8. The number of nitrogens with two attached hydrogens (primary N) is 1. The van der Waals surface area contributed by atoms with Gasteiger partial charge in [-0.05, 0) is 44.0 Å². The number of nitrogens with zero attached hydrogens (tertiary/aromatic N) is 3. The van der Waals surface area contributed by atoms with Gasteiger partial charge in [-0.3, -0.25) is 9.10 Å². The average Bonchev–Trinajstić information content (AvgIpc) is 3.10. The molecule has 0 saturated heterocycles. The Bertz CT molecular complexity index is 886. The maximum absolute atomic E-state index is 12.9. The Labute approximate surface area is 134 Å². The first-order chi connectivity index (χ1) is 10.8. The van der Waals surface area contributed by atoms with E-state index in [1.165, 1.54) is 4.31 Å². The van der Waals surface area contributed by atoms with Gasteiger partial charge in [-0.1, -0.05) is 0 Å². The number of amides is 1. The maximum atomic E-state index is 12.9. The minimum atomic E-state index is -3.71. The zero-order valence-electron chi connectivity index (χ0n) is 13.0. The van der Waals surface area contributed by atoms with Gasteiger partial charge < -0.3 is 10.3 Å². The fourth-order valence-electron chi connectivity index (χ4n) is 2.81. The predicted molar refractivity (Wildman–Crippen MR) is 85.8 cm³/mol. The van der Waals surface area contributed by atoms with E-state index >= 15 is 0 Å². The third kappa shape index (κ3) is 2.48. The summed E-state index contributed by atoms with van der Waals surface area (Å²) in [6.45, 7) is 4.70. The highest BCUT2D eigenvalue weighted by atomic mass is 32.2.